The molecule has 2 aromatic heterocycles. The van der Waals surface area contributed by atoms with Crippen molar-refractivity contribution in [2.24, 2.45) is 7.05 Å². The summed E-state index contributed by atoms with van der Waals surface area (Å²) in [5.41, 5.74) is 2.62. The first kappa shape index (κ1) is 17.3. The zero-order valence-corrected chi connectivity index (χ0v) is 15.4. The Labute approximate surface area is 154 Å². The maximum atomic E-state index is 11.8. The normalized spacial score (nSPS) is 10.6. The van der Waals surface area contributed by atoms with E-state index in [0.29, 0.717) is 17.7 Å². The molecule has 6 heteroatoms. The Hall–Kier alpha value is -2.49. The lowest BCUT2D eigenvalue weighted by Gasteiger charge is -2.06. The standard InChI is InChI=1S/C19H16N2O2S2/c1-4-14-17(20-2)16(18(19(22)23)21(14)3)12-7-9-13(10-8-12)25-15-6-5-11-24-15/h5-11H,4H2,1,3H3,(H,22,23). The molecule has 0 unspecified atom stereocenters. The van der Waals surface area contributed by atoms with E-state index in [1.807, 2.05) is 42.6 Å². The average molecular weight is 368 g/mol. The highest BCUT2D eigenvalue weighted by Crippen LogP contribution is 2.40. The number of thiophene rings is 1. The van der Waals surface area contributed by atoms with E-state index in [2.05, 4.69) is 10.9 Å². The molecule has 1 N–H and O–H groups in total. The molecule has 0 bridgehead atoms. The number of carbonyl (C=O) groups is 1. The van der Waals surface area contributed by atoms with Gasteiger partial charge in [0.15, 0.2) is 0 Å². The second kappa shape index (κ2) is 7.18. The fraction of sp³-hybridized carbons (Fsp3) is 0.158. The lowest BCUT2D eigenvalue weighted by molar-refractivity contribution is 0.0687. The summed E-state index contributed by atoms with van der Waals surface area (Å²) in [6, 6.07) is 11.8. The topological polar surface area (TPSA) is 46.6 Å². The molecule has 0 spiro atoms. The van der Waals surface area contributed by atoms with Crippen LogP contribution in [0.1, 0.15) is 23.1 Å². The van der Waals surface area contributed by atoms with Gasteiger partial charge >= 0.3 is 5.97 Å². The SMILES string of the molecule is [C-]#[N+]c1c(-c2ccc(Sc3cccs3)cc2)c(C(=O)O)n(C)c1CC. The Morgan fingerprint density at radius 1 is 1.32 bits per heavy atom. The van der Waals surface area contributed by atoms with Gasteiger partial charge in [-0.15, -0.1) is 11.3 Å². The molecule has 0 saturated heterocycles. The van der Waals surface area contributed by atoms with Crippen molar-refractivity contribution in [3.63, 3.8) is 0 Å². The van der Waals surface area contributed by atoms with Crippen LogP contribution in [0, 0.1) is 6.57 Å². The fourth-order valence-electron chi connectivity index (χ4n) is 2.89. The number of hydrogen-bond acceptors (Lipinski definition) is 3. The van der Waals surface area contributed by atoms with E-state index in [9.17, 15) is 9.90 Å². The maximum absolute atomic E-state index is 11.8. The van der Waals surface area contributed by atoms with E-state index in [1.54, 1.807) is 34.7 Å². The molecule has 0 atom stereocenters. The molecule has 126 valence electrons. The Balaban J connectivity index is 2.07. The van der Waals surface area contributed by atoms with Crippen LogP contribution in [0.2, 0.25) is 0 Å². The Bertz CT molecular complexity index is 949. The van der Waals surface area contributed by atoms with Crippen LogP contribution in [0.25, 0.3) is 16.0 Å². The van der Waals surface area contributed by atoms with Crippen LogP contribution in [0.15, 0.2) is 50.9 Å². The third kappa shape index (κ3) is 3.21. The predicted octanol–water partition coefficient (Wildman–Crippen LogP) is 5.72. The molecule has 3 rings (SSSR count). The summed E-state index contributed by atoms with van der Waals surface area (Å²) >= 11 is 3.35. The highest BCUT2D eigenvalue weighted by molar-refractivity contribution is 8.01. The number of hydrogen-bond donors (Lipinski definition) is 1. The second-order valence-corrected chi connectivity index (χ2v) is 7.73. The maximum Gasteiger partial charge on any atom is 0.351 e. The Kier molecular flexibility index (Phi) is 4.98. The van der Waals surface area contributed by atoms with Gasteiger partial charge in [-0.05, 0) is 35.6 Å². The van der Waals surface area contributed by atoms with E-state index in [4.69, 9.17) is 6.57 Å². The van der Waals surface area contributed by atoms with E-state index in [1.165, 1.54) is 4.21 Å². The molecule has 0 aliphatic carbocycles. The summed E-state index contributed by atoms with van der Waals surface area (Å²) in [4.78, 5) is 16.5. The second-order valence-electron chi connectivity index (χ2n) is 5.41. The number of carboxylic acid groups (broad SMARTS) is 1. The van der Waals surface area contributed by atoms with Gasteiger partial charge in [0.2, 0.25) is 5.69 Å². The number of benzene rings is 1. The molecule has 0 aliphatic heterocycles. The first-order valence-corrected chi connectivity index (χ1v) is 9.40. The number of carboxylic acids is 1. The molecular weight excluding hydrogens is 352 g/mol. The van der Waals surface area contributed by atoms with Crippen LogP contribution >= 0.6 is 23.1 Å². The molecule has 3 aromatic rings. The highest BCUT2D eigenvalue weighted by Gasteiger charge is 2.25. The van der Waals surface area contributed by atoms with Crippen molar-refractivity contribution in [1.29, 1.82) is 0 Å². The van der Waals surface area contributed by atoms with E-state index < -0.39 is 5.97 Å². The fourth-order valence-corrected chi connectivity index (χ4v) is 4.64. The summed E-state index contributed by atoms with van der Waals surface area (Å²) in [5.74, 6) is -1.01. The van der Waals surface area contributed by atoms with Gasteiger partial charge in [0.05, 0.1) is 10.8 Å². The average Bonchev–Trinajstić information content (AvgIpc) is 3.20. The van der Waals surface area contributed by atoms with Crippen molar-refractivity contribution in [2.75, 3.05) is 0 Å². The third-order valence-corrected chi connectivity index (χ3v) is 6.04. The molecule has 2 heterocycles. The van der Waals surface area contributed by atoms with Gasteiger partial charge in [-0.25, -0.2) is 9.64 Å². The van der Waals surface area contributed by atoms with E-state index >= 15 is 0 Å². The summed E-state index contributed by atoms with van der Waals surface area (Å²) < 4.78 is 2.83. The summed E-state index contributed by atoms with van der Waals surface area (Å²) in [6.07, 6.45) is 0.612. The van der Waals surface area contributed by atoms with Gasteiger partial charge in [0.1, 0.15) is 5.69 Å². The molecular formula is C19H16N2O2S2. The summed E-state index contributed by atoms with van der Waals surface area (Å²) in [5, 5.41) is 11.7. The quantitative estimate of drug-likeness (QED) is 0.586. The van der Waals surface area contributed by atoms with Crippen molar-refractivity contribution in [1.82, 2.24) is 4.57 Å². The largest absolute Gasteiger partial charge is 0.477 e. The van der Waals surface area contributed by atoms with Crippen LogP contribution in [-0.2, 0) is 13.5 Å². The lowest BCUT2D eigenvalue weighted by Crippen LogP contribution is -2.07. The number of nitrogens with zero attached hydrogens (tertiary/aromatic N) is 2. The van der Waals surface area contributed by atoms with Gasteiger partial charge in [-0.3, -0.25) is 0 Å². The van der Waals surface area contributed by atoms with Gasteiger partial charge in [0, 0.05) is 23.2 Å². The first-order chi connectivity index (χ1) is 12.1. The van der Waals surface area contributed by atoms with E-state index in [0.717, 1.165) is 16.2 Å². The minimum Gasteiger partial charge on any atom is -0.477 e. The van der Waals surface area contributed by atoms with Crippen LogP contribution < -0.4 is 0 Å². The lowest BCUT2D eigenvalue weighted by atomic mass is 10.0. The molecule has 1 aromatic carbocycles. The summed E-state index contributed by atoms with van der Waals surface area (Å²) in [6.45, 7) is 9.45. The van der Waals surface area contributed by atoms with Crippen LogP contribution in [-0.4, -0.2) is 15.6 Å². The minimum atomic E-state index is -1.01. The van der Waals surface area contributed by atoms with Crippen LogP contribution in [0.3, 0.4) is 0 Å². The molecule has 0 fully saturated rings. The van der Waals surface area contributed by atoms with Crippen molar-refractivity contribution >= 4 is 34.8 Å². The first-order valence-electron chi connectivity index (χ1n) is 7.70. The van der Waals surface area contributed by atoms with Crippen molar-refractivity contribution < 1.29 is 9.90 Å². The highest BCUT2D eigenvalue weighted by atomic mass is 32.2. The van der Waals surface area contributed by atoms with Crippen molar-refractivity contribution in [2.45, 2.75) is 22.4 Å². The monoisotopic (exact) mass is 368 g/mol. The van der Waals surface area contributed by atoms with Gasteiger partial charge < -0.3 is 9.67 Å². The van der Waals surface area contributed by atoms with Crippen molar-refractivity contribution in [3.05, 3.63) is 64.6 Å². The third-order valence-electron chi connectivity index (χ3n) is 3.99. The Morgan fingerprint density at radius 3 is 2.56 bits per heavy atom. The minimum absolute atomic E-state index is 0.168. The summed E-state index contributed by atoms with van der Waals surface area (Å²) in [7, 11) is 1.71. The molecule has 0 aliphatic rings. The zero-order valence-electron chi connectivity index (χ0n) is 13.8. The molecule has 4 nitrogen and oxygen atoms in total. The zero-order chi connectivity index (χ0) is 18.0. The Morgan fingerprint density at radius 2 is 2.04 bits per heavy atom. The van der Waals surface area contributed by atoms with Gasteiger partial charge in [-0.2, -0.15) is 0 Å². The van der Waals surface area contributed by atoms with E-state index in [-0.39, 0.29) is 5.69 Å². The van der Waals surface area contributed by atoms with Gasteiger partial charge in [-0.1, -0.05) is 36.9 Å². The van der Waals surface area contributed by atoms with Crippen LogP contribution in [0.5, 0.6) is 0 Å². The van der Waals surface area contributed by atoms with Gasteiger partial charge in [0.25, 0.3) is 0 Å². The predicted molar refractivity (Wildman–Crippen MR) is 102 cm³/mol. The number of aromatic carboxylic acids is 1. The molecule has 0 amide bonds. The van der Waals surface area contributed by atoms with Crippen LogP contribution in [0.4, 0.5) is 5.69 Å². The molecule has 25 heavy (non-hydrogen) atoms. The molecule has 0 saturated carbocycles. The number of rotatable bonds is 5. The van der Waals surface area contributed by atoms with Crippen molar-refractivity contribution in [3.8, 4) is 11.1 Å². The number of aromatic nitrogens is 1. The molecule has 0 radical (unpaired) electrons. The smallest absolute Gasteiger partial charge is 0.351 e.